The molecule has 1 aliphatic heterocycles. The number of hydrogen-bond acceptors (Lipinski definition) is 4. The van der Waals surface area contributed by atoms with Crippen molar-refractivity contribution in [2.45, 2.75) is 13.0 Å². The Kier molecular flexibility index (Phi) is 5.59. The van der Waals surface area contributed by atoms with Gasteiger partial charge in [-0.1, -0.05) is 12.1 Å². The number of nitrogens with one attached hydrogen (secondary N) is 1. The average molecular weight is 372 g/mol. The standard InChI is InChI=1S/C20H21FN2O4/c1-26-17-5-3-4-13(18(17)27-2)12-22-19(24)16-10-11-23(20(16)25)15-8-6-14(21)7-9-15/h3-9,16H,10-12H2,1-2H3,(H,22,24). The van der Waals surface area contributed by atoms with E-state index in [-0.39, 0.29) is 24.2 Å². The molecule has 3 rings (SSSR count). The minimum atomic E-state index is -0.758. The summed E-state index contributed by atoms with van der Waals surface area (Å²) >= 11 is 0. The first-order valence-electron chi connectivity index (χ1n) is 8.59. The summed E-state index contributed by atoms with van der Waals surface area (Å²) in [5.74, 6) is -0.626. The Bertz CT molecular complexity index is 838. The summed E-state index contributed by atoms with van der Waals surface area (Å²) in [5, 5.41) is 2.80. The van der Waals surface area contributed by atoms with Crippen molar-refractivity contribution in [3.63, 3.8) is 0 Å². The molecular weight excluding hydrogens is 351 g/mol. The van der Waals surface area contributed by atoms with Gasteiger partial charge in [-0.15, -0.1) is 0 Å². The van der Waals surface area contributed by atoms with E-state index in [2.05, 4.69) is 5.32 Å². The van der Waals surface area contributed by atoms with E-state index in [0.29, 0.717) is 30.2 Å². The normalized spacial score (nSPS) is 16.3. The van der Waals surface area contributed by atoms with Gasteiger partial charge in [-0.25, -0.2) is 4.39 Å². The zero-order valence-corrected chi connectivity index (χ0v) is 15.2. The van der Waals surface area contributed by atoms with Crippen LogP contribution in [0, 0.1) is 11.7 Å². The summed E-state index contributed by atoms with van der Waals surface area (Å²) in [7, 11) is 3.08. The molecular formula is C20H21FN2O4. The number of nitrogens with zero attached hydrogens (tertiary/aromatic N) is 1. The fourth-order valence-electron chi connectivity index (χ4n) is 3.20. The minimum absolute atomic E-state index is 0.222. The summed E-state index contributed by atoms with van der Waals surface area (Å²) in [4.78, 5) is 26.6. The predicted octanol–water partition coefficient (Wildman–Crippen LogP) is 2.51. The van der Waals surface area contributed by atoms with Crippen LogP contribution in [-0.4, -0.2) is 32.6 Å². The first-order valence-corrected chi connectivity index (χ1v) is 8.59. The van der Waals surface area contributed by atoms with Gasteiger partial charge in [0, 0.05) is 24.3 Å². The second-order valence-electron chi connectivity index (χ2n) is 6.18. The second kappa shape index (κ2) is 8.07. The topological polar surface area (TPSA) is 67.9 Å². The Morgan fingerprint density at radius 1 is 1.19 bits per heavy atom. The van der Waals surface area contributed by atoms with E-state index in [1.54, 1.807) is 19.2 Å². The molecule has 0 radical (unpaired) electrons. The minimum Gasteiger partial charge on any atom is -0.493 e. The van der Waals surface area contributed by atoms with Gasteiger partial charge in [0.2, 0.25) is 11.8 Å². The van der Waals surface area contributed by atoms with Gasteiger partial charge < -0.3 is 19.7 Å². The molecule has 1 heterocycles. The molecule has 1 N–H and O–H groups in total. The molecule has 2 aromatic carbocycles. The van der Waals surface area contributed by atoms with Crippen LogP contribution in [0.2, 0.25) is 0 Å². The molecule has 1 unspecified atom stereocenters. The van der Waals surface area contributed by atoms with Crippen LogP contribution in [0.3, 0.4) is 0 Å². The van der Waals surface area contributed by atoms with Crippen molar-refractivity contribution in [3.8, 4) is 11.5 Å². The number of rotatable bonds is 6. The molecule has 1 aliphatic rings. The van der Waals surface area contributed by atoms with Crippen LogP contribution < -0.4 is 19.7 Å². The quantitative estimate of drug-likeness (QED) is 0.792. The Labute approximate surface area is 156 Å². The number of halogens is 1. The maximum absolute atomic E-state index is 13.1. The van der Waals surface area contributed by atoms with E-state index in [1.165, 1.54) is 36.3 Å². The molecule has 1 fully saturated rings. The number of anilines is 1. The van der Waals surface area contributed by atoms with Crippen LogP contribution in [0.15, 0.2) is 42.5 Å². The molecule has 27 heavy (non-hydrogen) atoms. The maximum atomic E-state index is 13.1. The predicted molar refractivity (Wildman–Crippen MR) is 98.3 cm³/mol. The number of carbonyl (C=O) groups excluding carboxylic acids is 2. The highest BCUT2D eigenvalue weighted by molar-refractivity contribution is 6.09. The van der Waals surface area contributed by atoms with Crippen molar-refractivity contribution in [2.75, 3.05) is 25.7 Å². The van der Waals surface area contributed by atoms with Gasteiger partial charge in [-0.3, -0.25) is 9.59 Å². The Balaban J connectivity index is 1.66. The molecule has 6 nitrogen and oxygen atoms in total. The molecule has 1 saturated heterocycles. The summed E-state index contributed by atoms with van der Waals surface area (Å²) in [6.07, 6.45) is 0.414. The van der Waals surface area contributed by atoms with Crippen LogP contribution in [0.5, 0.6) is 11.5 Å². The second-order valence-corrected chi connectivity index (χ2v) is 6.18. The summed E-state index contributed by atoms with van der Waals surface area (Å²) in [5.41, 5.74) is 1.34. The van der Waals surface area contributed by atoms with Gasteiger partial charge >= 0.3 is 0 Å². The van der Waals surface area contributed by atoms with Crippen molar-refractivity contribution in [1.29, 1.82) is 0 Å². The van der Waals surface area contributed by atoms with Gasteiger partial charge in [-0.2, -0.15) is 0 Å². The van der Waals surface area contributed by atoms with Crippen molar-refractivity contribution in [2.24, 2.45) is 5.92 Å². The number of methoxy groups -OCH3 is 2. The number of ether oxygens (including phenoxy) is 2. The highest BCUT2D eigenvalue weighted by Crippen LogP contribution is 2.31. The maximum Gasteiger partial charge on any atom is 0.239 e. The number of benzene rings is 2. The van der Waals surface area contributed by atoms with Crippen molar-refractivity contribution < 1.29 is 23.5 Å². The largest absolute Gasteiger partial charge is 0.493 e. The monoisotopic (exact) mass is 372 g/mol. The fourth-order valence-corrected chi connectivity index (χ4v) is 3.20. The molecule has 0 aliphatic carbocycles. The average Bonchev–Trinajstić information content (AvgIpc) is 3.07. The van der Waals surface area contributed by atoms with Gasteiger partial charge in [-0.05, 0) is 36.8 Å². The van der Waals surface area contributed by atoms with Crippen LogP contribution in [-0.2, 0) is 16.1 Å². The van der Waals surface area contributed by atoms with Crippen molar-refractivity contribution in [1.82, 2.24) is 5.32 Å². The van der Waals surface area contributed by atoms with Crippen LogP contribution in [0.1, 0.15) is 12.0 Å². The molecule has 0 spiro atoms. The zero-order chi connectivity index (χ0) is 19.4. The van der Waals surface area contributed by atoms with Crippen LogP contribution >= 0.6 is 0 Å². The van der Waals surface area contributed by atoms with E-state index in [4.69, 9.17) is 9.47 Å². The molecule has 0 bridgehead atoms. The number of amides is 2. The lowest BCUT2D eigenvalue weighted by Gasteiger charge is -2.17. The lowest BCUT2D eigenvalue weighted by atomic mass is 10.1. The fraction of sp³-hybridized carbons (Fsp3) is 0.300. The lowest BCUT2D eigenvalue weighted by molar-refractivity contribution is -0.132. The van der Waals surface area contributed by atoms with Crippen LogP contribution in [0.25, 0.3) is 0 Å². The van der Waals surface area contributed by atoms with E-state index in [9.17, 15) is 14.0 Å². The SMILES string of the molecule is COc1cccc(CNC(=O)C2CCN(c3ccc(F)cc3)C2=O)c1OC. The summed E-state index contributed by atoms with van der Waals surface area (Å²) < 4.78 is 23.7. The third kappa shape index (κ3) is 3.86. The Morgan fingerprint density at radius 3 is 2.59 bits per heavy atom. The first-order chi connectivity index (χ1) is 13.0. The molecule has 142 valence electrons. The van der Waals surface area contributed by atoms with E-state index in [0.717, 1.165) is 5.56 Å². The number of para-hydroxylation sites is 1. The van der Waals surface area contributed by atoms with Gasteiger partial charge in [0.1, 0.15) is 11.7 Å². The third-order valence-corrected chi connectivity index (χ3v) is 4.60. The zero-order valence-electron chi connectivity index (χ0n) is 15.2. The Hall–Kier alpha value is -3.09. The van der Waals surface area contributed by atoms with E-state index >= 15 is 0 Å². The van der Waals surface area contributed by atoms with E-state index in [1.807, 2.05) is 6.07 Å². The molecule has 0 saturated carbocycles. The Morgan fingerprint density at radius 2 is 1.93 bits per heavy atom. The summed E-state index contributed by atoms with van der Waals surface area (Å²) in [6, 6.07) is 11.1. The lowest BCUT2D eigenvalue weighted by Crippen LogP contribution is -2.36. The molecule has 2 amide bonds. The molecule has 1 atom stereocenters. The molecule has 0 aromatic heterocycles. The third-order valence-electron chi connectivity index (χ3n) is 4.60. The van der Waals surface area contributed by atoms with E-state index < -0.39 is 5.92 Å². The van der Waals surface area contributed by atoms with Gasteiger partial charge in [0.05, 0.1) is 14.2 Å². The van der Waals surface area contributed by atoms with Crippen molar-refractivity contribution in [3.05, 3.63) is 53.8 Å². The smallest absolute Gasteiger partial charge is 0.239 e. The molecule has 7 heteroatoms. The van der Waals surface area contributed by atoms with Gasteiger partial charge in [0.15, 0.2) is 11.5 Å². The first kappa shape index (κ1) is 18.7. The molecule has 2 aromatic rings. The van der Waals surface area contributed by atoms with Gasteiger partial charge in [0.25, 0.3) is 0 Å². The summed E-state index contributed by atoms with van der Waals surface area (Å²) in [6.45, 7) is 0.643. The van der Waals surface area contributed by atoms with Crippen molar-refractivity contribution >= 4 is 17.5 Å². The highest BCUT2D eigenvalue weighted by atomic mass is 19.1. The number of carbonyl (C=O) groups is 2. The van der Waals surface area contributed by atoms with Crippen LogP contribution in [0.4, 0.5) is 10.1 Å². The number of hydrogen-bond donors (Lipinski definition) is 1. The highest BCUT2D eigenvalue weighted by Gasteiger charge is 2.37.